The zero-order valence-corrected chi connectivity index (χ0v) is 19.6. The summed E-state index contributed by atoms with van der Waals surface area (Å²) in [5, 5.41) is 6.48. The van der Waals surface area contributed by atoms with Gasteiger partial charge in [-0.25, -0.2) is 4.98 Å². The summed E-state index contributed by atoms with van der Waals surface area (Å²) in [5.41, 5.74) is 1.39. The van der Waals surface area contributed by atoms with E-state index in [4.69, 9.17) is 27.9 Å². The van der Waals surface area contributed by atoms with E-state index in [1.54, 1.807) is 42.5 Å². The van der Waals surface area contributed by atoms with Crippen LogP contribution in [0.2, 0.25) is 10.0 Å². The Kier molecular flexibility index (Phi) is 8.19. The molecule has 0 fully saturated rings. The van der Waals surface area contributed by atoms with Gasteiger partial charge in [0, 0.05) is 34.1 Å². The quantitative estimate of drug-likeness (QED) is 0.407. The van der Waals surface area contributed by atoms with Gasteiger partial charge in [0.15, 0.2) is 0 Å². The van der Waals surface area contributed by atoms with Gasteiger partial charge in [0.25, 0.3) is 11.5 Å². The predicted octanol–water partition coefficient (Wildman–Crippen LogP) is 5.35. The number of carbonyl (C=O) groups excluding carboxylic acids is 1. The lowest BCUT2D eigenvalue weighted by atomic mass is 10.1. The first kappa shape index (κ1) is 24.4. The maximum atomic E-state index is 13.2. The van der Waals surface area contributed by atoms with Crippen molar-refractivity contribution in [3.63, 3.8) is 0 Å². The van der Waals surface area contributed by atoms with Crippen molar-refractivity contribution in [2.45, 2.75) is 39.3 Å². The number of amides is 1. The Morgan fingerprint density at radius 3 is 2.55 bits per heavy atom. The van der Waals surface area contributed by atoms with Crippen LogP contribution in [0.15, 0.2) is 58.6 Å². The monoisotopic (exact) mass is 488 g/mol. The molecule has 1 heterocycles. The summed E-state index contributed by atoms with van der Waals surface area (Å²) in [4.78, 5) is 39.2. The molecule has 0 spiro atoms. The minimum Gasteiger partial charge on any atom is -0.489 e. The fourth-order valence-corrected chi connectivity index (χ4v) is 3.42. The molecule has 0 aliphatic carbocycles. The molecule has 0 aliphatic rings. The summed E-state index contributed by atoms with van der Waals surface area (Å²) in [6.07, 6.45) is 1.26. The molecule has 33 heavy (non-hydrogen) atoms. The van der Waals surface area contributed by atoms with Crippen LogP contribution >= 0.6 is 23.2 Å². The fraction of sp³-hybridized carbons (Fsp3) is 0.261. The first-order valence-corrected chi connectivity index (χ1v) is 10.9. The summed E-state index contributed by atoms with van der Waals surface area (Å²) >= 11 is 12.3. The van der Waals surface area contributed by atoms with Crippen molar-refractivity contribution in [3.05, 3.63) is 85.1 Å². The van der Waals surface area contributed by atoms with Gasteiger partial charge < -0.3 is 10.1 Å². The zero-order chi connectivity index (χ0) is 24.0. The molecule has 2 aromatic carbocycles. The van der Waals surface area contributed by atoms with Gasteiger partial charge in [0.1, 0.15) is 5.75 Å². The molecule has 0 bridgehead atoms. The molecule has 0 saturated carbocycles. The minimum absolute atomic E-state index is 0.0265. The van der Waals surface area contributed by atoms with E-state index in [0.717, 1.165) is 5.56 Å². The lowest BCUT2D eigenvalue weighted by Gasteiger charge is -2.16. The molecule has 0 atom stereocenters. The predicted molar refractivity (Wildman–Crippen MR) is 129 cm³/mol. The van der Waals surface area contributed by atoms with Gasteiger partial charge in [0.2, 0.25) is 5.95 Å². The third-order valence-electron chi connectivity index (χ3n) is 4.63. The number of ether oxygens (including phenoxy) is 1. The van der Waals surface area contributed by atoms with Crippen LogP contribution in [0, 0.1) is 4.91 Å². The van der Waals surface area contributed by atoms with E-state index in [1.807, 2.05) is 13.8 Å². The smallest absolute Gasteiger partial charge is 0.286 e. The Morgan fingerprint density at radius 2 is 1.91 bits per heavy atom. The maximum Gasteiger partial charge on any atom is 0.286 e. The Balaban J connectivity index is 1.95. The van der Waals surface area contributed by atoms with Crippen LogP contribution in [0.4, 0.5) is 11.6 Å². The fourth-order valence-electron chi connectivity index (χ4n) is 3.07. The number of nitroso groups, excluding NO2 is 1. The number of nitrogens with one attached hydrogen (secondary N) is 1. The van der Waals surface area contributed by atoms with Crippen LogP contribution < -0.4 is 15.6 Å². The van der Waals surface area contributed by atoms with Gasteiger partial charge >= 0.3 is 0 Å². The molecule has 1 N–H and O–H groups in total. The van der Waals surface area contributed by atoms with Crippen LogP contribution in [0.5, 0.6) is 5.75 Å². The number of nitrogens with zero attached hydrogens (tertiary/aromatic N) is 3. The van der Waals surface area contributed by atoms with Crippen LogP contribution in [0.3, 0.4) is 0 Å². The van der Waals surface area contributed by atoms with E-state index < -0.39 is 5.91 Å². The molecular formula is C23H22Cl2N4O4. The van der Waals surface area contributed by atoms with Crippen LogP contribution in [0.25, 0.3) is 0 Å². The van der Waals surface area contributed by atoms with Crippen molar-refractivity contribution in [1.82, 2.24) is 9.55 Å². The van der Waals surface area contributed by atoms with Gasteiger partial charge in [-0.05, 0) is 56.2 Å². The molecule has 1 amide bonds. The highest BCUT2D eigenvalue weighted by molar-refractivity contribution is 6.32. The van der Waals surface area contributed by atoms with E-state index >= 15 is 0 Å². The number of hydrogen-bond acceptors (Lipinski definition) is 6. The number of carbonyl (C=O) groups is 1. The number of aryl methyl sites for hydroxylation is 1. The number of rotatable bonds is 9. The van der Waals surface area contributed by atoms with E-state index in [2.05, 4.69) is 15.5 Å². The largest absolute Gasteiger partial charge is 0.489 e. The summed E-state index contributed by atoms with van der Waals surface area (Å²) in [5.74, 6) is 0.0128. The molecule has 1 aromatic heterocycles. The lowest BCUT2D eigenvalue weighted by molar-refractivity contribution is -0.117. The Hall–Kier alpha value is -3.23. The van der Waals surface area contributed by atoms with E-state index in [9.17, 15) is 14.5 Å². The molecule has 10 heteroatoms. The van der Waals surface area contributed by atoms with Gasteiger partial charge in [-0.15, -0.1) is 4.91 Å². The number of hydrogen-bond donors (Lipinski definition) is 1. The SMILES string of the molecule is CC(C)Oc1ccc(Nc2ncc(CCC(=O)N=O)c(=O)n2Cc2ccc(Cl)cc2)cc1Cl. The van der Waals surface area contributed by atoms with E-state index in [0.29, 0.717) is 27.0 Å². The molecule has 3 rings (SSSR count). The highest BCUT2D eigenvalue weighted by atomic mass is 35.5. The normalized spacial score (nSPS) is 10.8. The second-order valence-electron chi connectivity index (χ2n) is 7.55. The second-order valence-corrected chi connectivity index (χ2v) is 8.39. The zero-order valence-electron chi connectivity index (χ0n) is 18.0. The first-order chi connectivity index (χ1) is 15.8. The first-order valence-electron chi connectivity index (χ1n) is 10.2. The topological polar surface area (TPSA) is 103 Å². The van der Waals surface area contributed by atoms with Gasteiger partial charge in [-0.1, -0.05) is 35.3 Å². The van der Waals surface area contributed by atoms with Crippen molar-refractivity contribution in [1.29, 1.82) is 0 Å². The van der Waals surface area contributed by atoms with Crippen molar-refractivity contribution < 1.29 is 9.53 Å². The molecule has 0 saturated heterocycles. The molecule has 172 valence electrons. The molecule has 3 aromatic rings. The van der Waals surface area contributed by atoms with Crippen LogP contribution in [-0.2, 0) is 17.8 Å². The highest BCUT2D eigenvalue weighted by Crippen LogP contribution is 2.29. The summed E-state index contributed by atoms with van der Waals surface area (Å²) in [6, 6.07) is 12.3. The van der Waals surface area contributed by atoms with Gasteiger partial charge in [0.05, 0.1) is 17.7 Å². The van der Waals surface area contributed by atoms with Crippen LogP contribution in [0.1, 0.15) is 31.4 Å². The van der Waals surface area contributed by atoms with Crippen LogP contribution in [-0.4, -0.2) is 21.6 Å². The molecule has 0 aliphatic heterocycles. The Morgan fingerprint density at radius 1 is 1.18 bits per heavy atom. The summed E-state index contributed by atoms with van der Waals surface area (Å²) < 4.78 is 7.10. The molecule has 0 radical (unpaired) electrons. The van der Waals surface area contributed by atoms with Crippen molar-refractivity contribution >= 4 is 40.7 Å². The highest BCUT2D eigenvalue weighted by Gasteiger charge is 2.14. The molecular weight excluding hydrogens is 467 g/mol. The third-order valence-corrected chi connectivity index (χ3v) is 5.18. The molecule has 0 unspecified atom stereocenters. The number of halogens is 2. The maximum absolute atomic E-state index is 13.2. The standard InChI is InChI=1S/C23H22Cl2N4O4/c1-14(2)33-20-9-8-18(11-19(20)25)27-23-26-12-16(5-10-21(30)28-32)22(31)29(23)13-15-3-6-17(24)7-4-15/h3-4,6-9,11-12,14H,5,10,13H2,1-2H3,(H,26,27). The second kappa shape index (κ2) is 11.1. The summed E-state index contributed by atoms with van der Waals surface area (Å²) in [6.45, 7) is 4.02. The van der Waals surface area contributed by atoms with Crippen molar-refractivity contribution in [2.24, 2.45) is 5.18 Å². The third kappa shape index (κ3) is 6.63. The Bertz CT molecular complexity index is 1210. The summed E-state index contributed by atoms with van der Waals surface area (Å²) in [7, 11) is 0. The Labute approximate surface area is 200 Å². The van der Waals surface area contributed by atoms with Gasteiger partial charge in [-0.3, -0.25) is 14.2 Å². The van der Waals surface area contributed by atoms with Gasteiger partial charge in [-0.2, -0.15) is 0 Å². The van der Waals surface area contributed by atoms with Crippen molar-refractivity contribution in [2.75, 3.05) is 5.32 Å². The molecule has 8 nitrogen and oxygen atoms in total. The minimum atomic E-state index is -0.820. The number of benzene rings is 2. The van der Waals surface area contributed by atoms with E-state index in [-0.39, 0.29) is 37.0 Å². The van der Waals surface area contributed by atoms with Crippen molar-refractivity contribution in [3.8, 4) is 5.75 Å². The number of anilines is 2. The number of aromatic nitrogens is 2. The average Bonchev–Trinajstić information content (AvgIpc) is 2.78. The average molecular weight is 489 g/mol. The lowest BCUT2D eigenvalue weighted by Crippen LogP contribution is -2.27. The van der Waals surface area contributed by atoms with E-state index in [1.165, 1.54) is 10.8 Å².